The van der Waals surface area contributed by atoms with E-state index in [2.05, 4.69) is 25.6 Å². The molecule has 1 aliphatic rings. The highest BCUT2D eigenvalue weighted by molar-refractivity contribution is 6.04. The Balaban J connectivity index is 0.00000107. The van der Waals surface area contributed by atoms with E-state index >= 15 is 0 Å². The van der Waals surface area contributed by atoms with E-state index in [4.69, 9.17) is 19.1 Å². The van der Waals surface area contributed by atoms with E-state index in [-0.39, 0.29) is 35.3 Å². The fourth-order valence-electron chi connectivity index (χ4n) is 3.69. The third-order valence-corrected chi connectivity index (χ3v) is 5.48. The third-order valence-electron chi connectivity index (χ3n) is 5.48. The van der Waals surface area contributed by atoms with Crippen molar-refractivity contribution >= 4 is 18.1 Å². The molecule has 0 radical (unpaired) electrons. The van der Waals surface area contributed by atoms with Crippen molar-refractivity contribution in [3.63, 3.8) is 0 Å². The number of nitrogens with zero attached hydrogens (tertiary/aromatic N) is 4. The Morgan fingerprint density at radius 3 is 2.71 bits per heavy atom. The van der Waals surface area contributed by atoms with Crippen LogP contribution in [-0.4, -0.2) is 61.3 Å². The molecule has 1 aliphatic carbocycles. The summed E-state index contributed by atoms with van der Waals surface area (Å²) in [4.78, 5) is 25.0. The molecule has 5 rings (SSSR count). The predicted molar refractivity (Wildman–Crippen MR) is 122 cm³/mol. The Bertz CT molecular complexity index is 1380. The lowest BCUT2D eigenvalue weighted by molar-refractivity contribution is -0.196. The van der Waals surface area contributed by atoms with Crippen LogP contribution in [0.1, 0.15) is 29.4 Å². The highest BCUT2D eigenvalue weighted by Crippen LogP contribution is 2.37. The van der Waals surface area contributed by atoms with Crippen LogP contribution in [0.2, 0.25) is 0 Å². The first-order valence-electron chi connectivity index (χ1n) is 11.1. The van der Waals surface area contributed by atoms with Crippen LogP contribution >= 0.6 is 0 Å². The Morgan fingerprint density at radius 2 is 2.05 bits per heavy atom. The number of aromatic amines is 1. The van der Waals surface area contributed by atoms with Crippen LogP contribution in [0.15, 0.2) is 53.3 Å². The number of carbonyl (C=O) groups is 2. The van der Waals surface area contributed by atoms with Gasteiger partial charge in [-0.25, -0.2) is 4.98 Å². The van der Waals surface area contributed by atoms with Gasteiger partial charge in [-0.15, -0.1) is 0 Å². The zero-order valence-electron chi connectivity index (χ0n) is 19.4. The van der Waals surface area contributed by atoms with Crippen molar-refractivity contribution in [2.45, 2.75) is 31.2 Å². The molecule has 0 bridgehead atoms. The van der Waals surface area contributed by atoms with Crippen LogP contribution in [-0.2, 0) is 9.53 Å². The van der Waals surface area contributed by atoms with E-state index in [0.29, 0.717) is 24.2 Å². The van der Waals surface area contributed by atoms with Gasteiger partial charge in [-0.2, -0.15) is 27.8 Å². The first-order chi connectivity index (χ1) is 18.2. The molecule has 11 nitrogen and oxygen atoms in total. The summed E-state index contributed by atoms with van der Waals surface area (Å²) < 4.78 is 62.9. The third kappa shape index (κ3) is 6.42. The molecule has 15 heteroatoms. The maximum Gasteiger partial charge on any atom is 0.411 e. The largest absolute Gasteiger partial charge is 0.483 e. The highest BCUT2D eigenvalue weighted by atomic mass is 19.4. The highest BCUT2D eigenvalue weighted by Gasteiger charge is 2.37. The molecule has 0 aliphatic heterocycles. The van der Waals surface area contributed by atoms with E-state index in [1.807, 2.05) is 0 Å². The van der Waals surface area contributed by atoms with Crippen molar-refractivity contribution in [2.24, 2.45) is 0 Å². The number of halogens is 4. The summed E-state index contributed by atoms with van der Waals surface area (Å²) in [7, 11) is 0. The molecule has 4 aromatic rings. The van der Waals surface area contributed by atoms with Gasteiger partial charge in [0.1, 0.15) is 18.1 Å². The molecule has 3 N–H and O–H groups in total. The molecule has 4 aromatic heterocycles. The number of hydrogen-bond donors (Lipinski definition) is 3. The summed E-state index contributed by atoms with van der Waals surface area (Å²) in [5.74, 6) is -0.839. The molecule has 1 fully saturated rings. The summed E-state index contributed by atoms with van der Waals surface area (Å²) in [6, 6.07) is 7.03. The maximum absolute atomic E-state index is 13.8. The van der Waals surface area contributed by atoms with Crippen molar-refractivity contribution < 1.29 is 41.4 Å². The summed E-state index contributed by atoms with van der Waals surface area (Å²) in [6.07, 6.45) is 0.369. The zero-order chi connectivity index (χ0) is 27.3. The van der Waals surface area contributed by atoms with Crippen LogP contribution in [0.25, 0.3) is 22.7 Å². The number of H-pyrrole nitrogens is 1. The molecule has 200 valence electrons. The summed E-state index contributed by atoms with van der Waals surface area (Å²) in [5.41, 5.74) is 1.30. The Labute approximate surface area is 211 Å². The second-order valence-corrected chi connectivity index (χ2v) is 8.10. The van der Waals surface area contributed by atoms with Crippen LogP contribution < -0.4 is 5.32 Å². The minimum absolute atomic E-state index is 0.0244. The first-order valence-corrected chi connectivity index (χ1v) is 11.1. The van der Waals surface area contributed by atoms with Crippen molar-refractivity contribution in [1.82, 2.24) is 25.0 Å². The molecule has 0 atom stereocenters. The average Bonchev–Trinajstić information content (AvgIpc) is 3.59. The van der Waals surface area contributed by atoms with E-state index in [1.54, 1.807) is 18.5 Å². The fourth-order valence-corrected chi connectivity index (χ4v) is 3.69. The average molecular weight is 536 g/mol. The maximum atomic E-state index is 13.8. The summed E-state index contributed by atoms with van der Waals surface area (Å²) in [5, 5.41) is 20.5. The number of hydrogen-bond acceptors (Lipinski definition) is 7. The van der Waals surface area contributed by atoms with Gasteiger partial charge < -0.3 is 19.6 Å². The molecule has 1 amide bonds. The van der Waals surface area contributed by atoms with Crippen molar-refractivity contribution in [1.29, 1.82) is 0 Å². The van der Waals surface area contributed by atoms with Gasteiger partial charge in [0, 0.05) is 12.4 Å². The Kier molecular flexibility index (Phi) is 7.85. The van der Waals surface area contributed by atoms with Gasteiger partial charge >= 0.3 is 6.18 Å². The lowest BCUT2D eigenvalue weighted by atomic mass is 9.89. The van der Waals surface area contributed by atoms with Gasteiger partial charge in [0.2, 0.25) is 5.95 Å². The predicted octanol–water partition coefficient (Wildman–Crippen LogP) is 4.30. The number of amides is 1. The number of pyridine rings is 1. The van der Waals surface area contributed by atoms with E-state index in [1.165, 1.54) is 35.1 Å². The van der Waals surface area contributed by atoms with Crippen LogP contribution in [0.5, 0.6) is 0 Å². The lowest BCUT2D eigenvalue weighted by Gasteiger charge is -2.35. The van der Waals surface area contributed by atoms with Crippen LogP contribution in [0, 0.1) is 5.95 Å². The molecule has 0 aromatic carbocycles. The van der Waals surface area contributed by atoms with Gasteiger partial charge in [-0.1, -0.05) is 6.07 Å². The number of rotatable bonds is 7. The van der Waals surface area contributed by atoms with Crippen LogP contribution in [0.3, 0.4) is 0 Å². The minimum Gasteiger partial charge on any atom is -0.483 e. The van der Waals surface area contributed by atoms with Gasteiger partial charge in [0.25, 0.3) is 12.4 Å². The zero-order valence-corrected chi connectivity index (χ0v) is 19.4. The molecule has 0 unspecified atom stereocenters. The molecular weight excluding hydrogens is 516 g/mol. The van der Waals surface area contributed by atoms with Crippen molar-refractivity contribution in [3.05, 3.63) is 60.6 Å². The number of furan rings is 1. The molecule has 0 spiro atoms. The normalized spacial score (nSPS) is 16.7. The van der Waals surface area contributed by atoms with E-state index in [0.717, 1.165) is 0 Å². The molecular formula is C23H20F4N6O5. The molecule has 1 saturated carbocycles. The standard InChI is InChI=1S/C22H18F4N6O3.CH2O2/c23-19-3-1-2-15(29-19)20-16(10-32(31-20)13-6-14(7-13)34-11-22(24,25)26)30-21(33)18-5-4-17(35-18)12-8-27-28-9-12;2-1-3/h1-5,8-10,13-14H,6-7,11H2,(H,27,28)(H,30,33);1H,(H,2,3). The lowest BCUT2D eigenvalue weighted by Crippen LogP contribution is -2.36. The topological polar surface area (TPSA) is 148 Å². The van der Waals surface area contributed by atoms with E-state index < -0.39 is 30.7 Å². The summed E-state index contributed by atoms with van der Waals surface area (Å²) >= 11 is 0. The fraction of sp³-hybridized carbons (Fsp3) is 0.261. The number of carboxylic acid groups (broad SMARTS) is 1. The van der Waals surface area contributed by atoms with Gasteiger partial charge in [0.05, 0.1) is 35.3 Å². The molecule has 0 saturated heterocycles. The summed E-state index contributed by atoms with van der Waals surface area (Å²) in [6.45, 7) is -1.56. The van der Waals surface area contributed by atoms with Crippen LogP contribution in [0.4, 0.5) is 23.2 Å². The Morgan fingerprint density at radius 1 is 1.29 bits per heavy atom. The van der Waals surface area contributed by atoms with Crippen molar-refractivity contribution in [2.75, 3.05) is 11.9 Å². The van der Waals surface area contributed by atoms with Gasteiger partial charge in [-0.05, 0) is 37.1 Å². The monoisotopic (exact) mass is 536 g/mol. The van der Waals surface area contributed by atoms with Gasteiger partial charge in [0.15, 0.2) is 5.76 Å². The molecule has 4 heterocycles. The minimum atomic E-state index is -4.40. The van der Waals surface area contributed by atoms with Gasteiger partial charge in [-0.3, -0.25) is 19.4 Å². The van der Waals surface area contributed by atoms with E-state index in [9.17, 15) is 22.4 Å². The smallest absolute Gasteiger partial charge is 0.411 e. The number of ether oxygens (including phenoxy) is 1. The number of nitrogens with one attached hydrogen (secondary N) is 2. The first kappa shape index (κ1) is 26.5. The Hall–Kier alpha value is -4.53. The SMILES string of the molecule is O=C(Nc1cn(C2CC(OCC(F)(F)F)C2)nc1-c1cccc(F)n1)c1ccc(-c2cn[nH]c2)o1.O=CO. The second-order valence-electron chi connectivity index (χ2n) is 8.10. The number of aromatic nitrogens is 5. The quantitative estimate of drug-likeness (QED) is 0.180. The number of anilines is 1. The second kappa shape index (κ2) is 11.2. The molecule has 38 heavy (non-hydrogen) atoms. The number of carbonyl (C=O) groups excluding carboxylic acids is 1. The van der Waals surface area contributed by atoms with Crippen molar-refractivity contribution in [3.8, 4) is 22.7 Å². The number of alkyl halides is 3.